The highest BCUT2D eigenvalue weighted by Gasteiger charge is 2.28. The molecule has 0 saturated heterocycles. The monoisotopic (exact) mass is 387 g/mol. The zero-order chi connectivity index (χ0) is 18.4. The molecule has 0 bridgehead atoms. The molecule has 4 N–H and O–H groups in total. The first kappa shape index (κ1) is 20.9. The summed E-state index contributed by atoms with van der Waals surface area (Å²) in [4.78, 5) is 24.9. The second-order valence-electron chi connectivity index (χ2n) is 6.81. The van der Waals surface area contributed by atoms with E-state index in [1.54, 1.807) is 12.1 Å². The summed E-state index contributed by atoms with van der Waals surface area (Å²) in [6.07, 6.45) is 2.48. The maximum Gasteiger partial charge on any atom is 0.251 e. The quantitative estimate of drug-likeness (QED) is 0.651. The Morgan fingerprint density at radius 3 is 2.19 bits per heavy atom. The highest BCUT2D eigenvalue weighted by atomic mass is 35.5. The van der Waals surface area contributed by atoms with Crippen LogP contribution in [-0.4, -0.2) is 24.4 Å². The highest BCUT2D eigenvalue weighted by molar-refractivity contribution is 5.94. The molecule has 0 radical (unpaired) electrons. The van der Waals surface area contributed by atoms with E-state index in [-0.39, 0.29) is 42.7 Å². The van der Waals surface area contributed by atoms with Crippen LogP contribution >= 0.6 is 12.4 Å². The van der Waals surface area contributed by atoms with Crippen molar-refractivity contribution in [2.45, 2.75) is 31.3 Å². The molecule has 2 amide bonds. The number of halogens is 1. The fourth-order valence-corrected chi connectivity index (χ4v) is 2.95. The van der Waals surface area contributed by atoms with Gasteiger partial charge < -0.3 is 16.4 Å². The highest BCUT2D eigenvalue weighted by Crippen LogP contribution is 2.31. The van der Waals surface area contributed by atoms with Gasteiger partial charge in [0.15, 0.2) is 0 Å². The largest absolute Gasteiger partial charge is 0.354 e. The molecule has 5 nitrogen and oxygen atoms in total. The third kappa shape index (κ3) is 6.38. The number of carbonyl (C=O) groups is 2. The Bertz CT molecular complexity index is 736. The SMILES string of the molecule is Cl.NC(CNC(=O)CC(NC(=O)c1ccccc1)c1ccccc1)C1CC1. The van der Waals surface area contributed by atoms with Crippen LogP contribution in [-0.2, 0) is 4.79 Å². The summed E-state index contributed by atoms with van der Waals surface area (Å²) in [5.41, 5.74) is 7.52. The van der Waals surface area contributed by atoms with E-state index < -0.39 is 0 Å². The molecule has 2 unspecified atom stereocenters. The molecular weight excluding hydrogens is 362 g/mol. The average molecular weight is 388 g/mol. The van der Waals surface area contributed by atoms with E-state index in [2.05, 4.69) is 10.6 Å². The predicted octanol–water partition coefficient (Wildman–Crippen LogP) is 2.82. The Morgan fingerprint density at radius 1 is 1.00 bits per heavy atom. The van der Waals surface area contributed by atoms with Crippen LogP contribution in [0.15, 0.2) is 60.7 Å². The van der Waals surface area contributed by atoms with Crippen LogP contribution in [0.1, 0.15) is 41.2 Å². The van der Waals surface area contributed by atoms with Crippen molar-refractivity contribution >= 4 is 24.2 Å². The zero-order valence-electron chi connectivity index (χ0n) is 15.1. The molecule has 2 atom stereocenters. The van der Waals surface area contributed by atoms with Gasteiger partial charge in [-0.15, -0.1) is 12.4 Å². The lowest BCUT2D eigenvalue weighted by Crippen LogP contribution is -2.40. The molecule has 0 aromatic heterocycles. The number of hydrogen-bond acceptors (Lipinski definition) is 3. The molecule has 6 heteroatoms. The minimum Gasteiger partial charge on any atom is -0.354 e. The van der Waals surface area contributed by atoms with Crippen LogP contribution in [0.3, 0.4) is 0 Å². The summed E-state index contributed by atoms with van der Waals surface area (Å²) in [5, 5.41) is 5.87. The van der Waals surface area contributed by atoms with E-state index in [0.29, 0.717) is 18.0 Å². The molecule has 1 aliphatic rings. The number of hydrogen-bond donors (Lipinski definition) is 3. The van der Waals surface area contributed by atoms with E-state index in [9.17, 15) is 9.59 Å². The third-order valence-electron chi connectivity index (χ3n) is 4.70. The average Bonchev–Trinajstić information content (AvgIpc) is 3.52. The second-order valence-corrected chi connectivity index (χ2v) is 6.81. The molecule has 0 heterocycles. The Labute approximate surface area is 166 Å². The summed E-state index contributed by atoms with van der Waals surface area (Å²) >= 11 is 0. The molecule has 3 rings (SSSR count). The van der Waals surface area contributed by atoms with Crippen molar-refractivity contribution in [1.82, 2.24) is 10.6 Å². The smallest absolute Gasteiger partial charge is 0.251 e. The van der Waals surface area contributed by atoms with Gasteiger partial charge >= 0.3 is 0 Å². The van der Waals surface area contributed by atoms with Gasteiger partial charge in [-0.05, 0) is 36.5 Å². The minimum absolute atomic E-state index is 0. The third-order valence-corrected chi connectivity index (χ3v) is 4.70. The van der Waals surface area contributed by atoms with Crippen molar-refractivity contribution in [2.75, 3.05) is 6.54 Å². The first-order valence-corrected chi connectivity index (χ1v) is 9.06. The molecule has 27 heavy (non-hydrogen) atoms. The molecule has 1 aliphatic carbocycles. The van der Waals surface area contributed by atoms with E-state index in [0.717, 1.165) is 18.4 Å². The first-order chi connectivity index (χ1) is 12.6. The van der Waals surface area contributed by atoms with Crippen LogP contribution in [0.4, 0.5) is 0 Å². The Balaban J connectivity index is 0.00000261. The summed E-state index contributed by atoms with van der Waals surface area (Å²) in [7, 11) is 0. The lowest BCUT2D eigenvalue weighted by atomic mass is 10.0. The number of nitrogens with one attached hydrogen (secondary N) is 2. The molecule has 2 aromatic rings. The van der Waals surface area contributed by atoms with E-state index in [1.807, 2.05) is 48.5 Å². The number of rotatable bonds is 8. The Hall–Kier alpha value is -2.37. The predicted molar refractivity (Wildman–Crippen MR) is 109 cm³/mol. The molecule has 144 valence electrons. The standard InChI is InChI=1S/C21H25N3O2.ClH/c22-18(15-11-12-15)14-23-20(25)13-19(16-7-3-1-4-8-16)24-21(26)17-9-5-2-6-10-17;/h1-10,15,18-19H,11-14,22H2,(H,23,25)(H,24,26);1H. The topological polar surface area (TPSA) is 84.2 Å². The van der Waals surface area contributed by atoms with Crippen molar-refractivity contribution in [3.05, 3.63) is 71.8 Å². The van der Waals surface area contributed by atoms with Crippen molar-refractivity contribution in [3.63, 3.8) is 0 Å². The van der Waals surface area contributed by atoms with E-state index in [1.165, 1.54) is 0 Å². The van der Waals surface area contributed by atoms with Gasteiger partial charge in [-0.3, -0.25) is 9.59 Å². The first-order valence-electron chi connectivity index (χ1n) is 9.06. The number of benzene rings is 2. The number of amides is 2. The van der Waals surface area contributed by atoms with E-state index in [4.69, 9.17) is 5.73 Å². The van der Waals surface area contributed by atoms with Gasteiger partial charge in [-0.1, -0.05) is 48.5 Å². The summed E-state index contributed by atoms with van der Waals surface area (Å²) < 4.78 is 0. The second kappa shape index (κ2) is 10.1. The van der Waals surface area contributed by atoms with E-state index >= 15 is 0 Å². The molecule has 0 spiro atoms. The lowest BCUT2D eigenvalue weighted by molar-refractivity contribution is -0.121. The van der Waals surface area contributed by atoms with Gasteiger partial charge in [0.1, 0.15) is 0 Å². The van der Waals surface area contributed by atoms with Crippen LogP contribution in [0.25, 0.3) is 0 Å². The Kier molecular flexibility index (Phi) is 7.82. The number of nitrogens with two attached hydrogens (primary N) is 1. The van der Waals surface area contributed by atoms with Gasteiger partial charge in [0, 0.05) is 18.2 Å². The van der Waals surface area contributed by atoms with Crippen LogP contribution in [0, 0.1) is 5.92 Å². The van der Waals surface area contributed by atoms with Crippen molar-refractivity contribution in [3.8, 4) is 0 Å². The molecule has 1 saturated carbocycles. The van der Waals surface area contributed by atoms with Gasteiger partial charge in [0.05, 0.1) is 12.5 Å². The molecule has 1 fully saturated rings. The fraction of sp³-hybridized carbons (Fsp3) is 0.333. The van der Waals surface area contributed by atoms with Crippen LogP contribution in [0.2, 0.25) is 0 Å². The fourth-order valence-electron chi connectivity index (χ4n) is 2.95. The van der Waals surface area contributed by atoms with Crippen LogP contribution in [0.5, 0.6) is 0 Å². The number of carbonyl (C=O) groups excluding carboxylic acids is 2. The molecule has 2 aromatic carbocycles. The summed E-state index contributed by atoms with van der Waals surface area (Å²) in [6.45, 7) is 0.484. The minimum atomic E-state index is -0.388. The van der Waals surface area contributed by atoms with Gasteiger partial charge in [-0.2, -0.15) is 0 Å². The van der Waals surface area contributed by atoms with Gasteiger partial charge in [0.2, 0.25) is 5.91 Å². The summed E-state index contributed by atoms with van der Waals surface area (Å²) in [5.74, 6) is 0.239. The maximum atomic E-state index is 12.5. The molecule has 0 aliphatic heterocycles. The van der Waals surface area contributed by atoms with Crippen molar-refractivity contribution in [1.29, 1.82) is 0 Å². The summed E-state index contributed by atoms with van der Waals surface area (Å²) in [6, 6.07) is 18.2. The van der Waals surface area contributed by atoms with Gasteiger partial charge in [0.25, 0.3) is 5.91 Å². The Morgan fingerprint density at radius 2 is 1.59 bits per heavy atom. The lowest BCUT2D eigenvalue weighted by Gasteiger charge is -2.20. The zero-order valence-corrected chi connectivity index (χ0v) is 16.0. The van der Waals surface area contributed by atoms with Crippen molar-refractivity contribution in [2.24, 2.45) is 11.7 Å². The van der Waals surface area contributed by atoms with Crippen LogP contribution < -0.4 is 16.4 Å². The normalized spacial score (nSPS) is 15.1. The van der Waals surface area contributed by atoms with Gasteiger partial charge in [-0.25, -0.2) is 0 Å². The maximum absolute atomic E-state index is 12.5. The molecular formula is C21H26ClN3O2. The van der Waals surface area contributed by atoms with Crippen molar-refractivity contribution < 1.29 is 9.59 Å².